The van der Waals surface area contributed by atoms with Gasteiger partial charge in [0.15, 0.2) is 0 Å². The predicted molar refractivity (Wildman–Crippen MR) is 143 cm³/mol. The summed E-state index contributed by atoms with van der Waals surface area (Å²) in [6.07, 6.45) is 26.2. The molecule has 3 heterocycles. The molecule has 0 saturated carbocycles. The van der Waals surface area contributed by atoms with Crippen LogP contribution in [0.25, 0.3) is 0 Å². The van der Waals surface area contributed by atoms with Gasteiger partial charge in [-0.05, 0) is 70.8 Å². The molecule has 0 spiro atoms. The molecular formula is C31H46O4. The van der Waals surface area contributed by atoms with Crippen LogP contribution in [0.4, 0.5) is 0 Å². The van der Waals surface area contributed by atoms with E-state index >= 15 is 0 Å². The molecule has 0 aromatic heterocycles. The number of hydrogen-bond acceptors (Lipinski definition) is 4. The van der Waals surface area contributed by atoms with Gasteiger partial charge in [-0.25, -0.2) is 0 Å². The van der Waals surface area contributed by atoms with Gasteiger partial charge in [0.25, 0.3) is 0 Å². The molecule has 0 radical (unpaired) electrons. The molecule has 4 nitrogen and oxygen atoms in total. The zero-order valence-corrected chi connectivity index (χ0v) is 22.3. The highest BCUT2D eigenvalue weighted by Gasteiger charge is 2.32. The summed E-state index contributed by atoms with van der Waals surface area (Å²) < 4.78 is 18.8. The first-order valence-electron chi connectivity index (χ1n) is 13.8. The number of hydrogen-bond donors (Lipinski definition) is 0. The quantitative estimate of drug-likeness (QED) is 0.235. The van der Waals surface area contributed by atoms with Crippen LogP contribution in [0.5, 0.6) is 0 Å². The van der Waals surface area contributed by atoms with E-state index in [0.29, 0.717) is 24.9 Å². The maximum atomic E-state index is 12.9. The zero-order chi connectivity index (χ0) is 25.0. The molecule has 0 aromatic carbocycles. The number of carbonyl (C=O) groups excluding carboxylic acids is 1. The minimum atomic E-state index is -0.282. The van der Waals surface area contributed by atoms with Gasteiger partial charge in [-0.1, -0.05) is 67.5 Å². The number of carbonyl (C=O) groups is 1. The van der Waals surface area contributed by atoms with Crippen LogP contribution < -0.4 is 0 Å². The maximum Gasteiger partial charge on any atom is 0.309 e. The Balaban J connectivity index is 1.73. The zero-order valence-electron chi connectivity index (χ0n) is 22.3. The third-order valence-electron chi connectivity index (χ3n) is 7.37. The van der Waals surface area contributed by atoms with E-state index in [1.54, 1.807) is 0 Å². The Morgan fingerprint density at radius 3 is 2.51 bits per heavy atom. The average molecular weight is 483 g/mol. The molecule has 2 fully saturated rings. The van der Waals surface area contributed by atoms with E-state index in [1.165, 1.54) is 17.6 Å². The summed E-state index contributed by atoms with van der Waals surface area (Å²) in [6, 6.07) is 0. The van der Waals surface area contributed by atoms with E-state index < -0.39 is 0 Å². The fourth-order valence-corrected chi connectivity index (χ4v) is 5.25. The highest BCUT2D eigenvalue weighted by molar-refractivity contribution is 5.70. The van der Waals surface area contributed by atoms with Gasteiger partial charge in [0.2, 0.25) is 0 Å². The second-order valence-electron chi connectivity index (χ2n) is 10.5. The van der Waals surface area contributed by atoms with E-state index in [9.17, 15) is 4.79 Å². The van der Waals surface area contributed by atoms with Gasteiger partial charge in [0.1, 0.15) is 6.10 Å². The van der Waals surface area contributed by atoms with Gasteiger partial charge in [-0.3, -0.25) is 4.79 Å². The Morgan fingerprint density at radius 2 is 1.74 bits per heavy atom. The first-order chi connectivity index (χ1) is 16.9. The first-order valence-corrected chi connectivity index (χ1v) is 13.8. The van der Waals surface area contributed by atoms with E-state index in [1.807, 2.05) is 24.3 Å². The fourth-order valence-electron chi connectivity index (χ4n) is 5.25. The monoisotopic (exact) mass is 482 g/mol. The normalized spacial score (nSPS) is 35.9. The summed E-state index contributed by atoms with van der Waals surface area (Å²) in [7, 11) is 0. The summed E-state index contributed by atoms with van der Waals surface area (Å²) in [5.74, 6) is 0.243. The molecule has 0 amide bonds. The van der Waals surface area contributed by atoms with E-state index in [-0.39, 0.29) is 30.4 Å². The Labute approximate surface area is 213 Å². The smallest absolute Gasteiger partial charge is 0.309 e. The Kier molecular flexibility index (Phi) is 11.5. The summed E-state index contributed by atoms with van der Waals surface area (Å²) in [5, 5.41) is 0. The standard InChI is InChI=1S/C31H46O4/c1-5-23(3)12-8-7-9-14-26-15-10-13-24(4)18-27-16-11-17-28(33-27)21-29-19-25(6-2)20-30(34-29)22-31(32)35-26/h6-10,12-14,24,26-30H,5,11,15-22H2,1-4H3/b8-7-,13-10+,14-9+,23-12+,25-6-. The number of rotatable bonds is 4. The van der Waals surface area contributed by atoms with Crippen LogP contribution in [0.2, 0.25) is 0 Å². The second kappa shape index (κ2) is 14.6. The third kappa shape index (κ3) is 9.93. The molecule has 0 N–H and O–H groups in total. The molecule has 2 saturated heterocycles. The van der Waals surface area contributed by atoms with Crippen LogP contribution in [-0.4, -0.2) is 36.5 Å². The van der Waals surface area contributed by atoms with Crippen molar-refractivity contribution in [3.8, 4) is 0 Å². The number of ether oxygens (including phenoxy) is 3. The minimum absolute atomic E-state index is 0.113. The molecule has 3 aliphatic heterocycles. The molecule has 0 aliphatic carbocycles. The lowest BCUT2D eigenvalue weighted by Gasteiger charge is -2.37. The number of cyclic esters (lactones) is 1. The van der Waals surface area contributed by atoms with Crippen molar-refractivity contribution in [2.45, 2.75) is 122 Å². The summed E-state index contributed by atoms with van der Waals surface area (Å²) >= 11 is 0. The van der Waals surface area contributed by atoms with Crippen molar-refractivity contribution in [1.82, 2.24) is 0 Å². The minimum Gasteiger partial charge on any atom is -0.458 e. The van der Waals surface area contributed by atoms with E-state index in [4.69, 9.17) is 14.2 Å². The molecular weight excluding hydrogens is 436 g/mol. The van der Waals surface area contributed by atoms with Crippen molar-refractivity contribution in [2.75, 3.05) is 0 Å². The van der Waals surface area contributed by atoms with E-state index in [0.717, 1.165) is 44.9 Å². The van der Waals surface area contributed by atoms with Gasteiger partial charge >= 0.3 is 5.97 Å². The molecule has 3 aliphatic rings. The van der Waals surface area contributed by atoms with Crippen LogP contribution in [-0.2, 0) is 19.0 Å². The van der Waals surface area contributed by atoms with Crippen LogP contribution in [0.3, 0.4) is 0 Å². The molecule has 0 aromatic rings. The fraction of sp³-hybridized carbons (Fsp3) is 0.645. The third-order valence-corrected chi connectivity index (χ3v) is 7.37. The highest BCUT2D eigenvalue weighted by atomic mass is 16.5. The van der Waals surface area contributed by atoms with Gasteiger partial charge in [-0.2, -0.15) is 0 Å². The summed E-state index contributed by atoms with van der Waals surface area (Å²) in [6.45, 7) is 8.61. The van der Waals surface area contributed by atoms with Gasteiger partial charge in [-0.15, -0.1) is 0 Å². The largest absolute Gasteiger partial charge is 0.458 e. The van der Waals surface area contributed by atoms with Crippen molar-refractivity contribution < 1.29 is 19.0 Å². The molecule has 6 unspecified atom stereocenters. The summed E-state index contributed by atoms with van der Waals surface area (Å²) in [5.41, 5.74) is 2.71. The Bertz CT molecular complexity index is 818. The Hall–Kier alpha value is -1.91. The molecule has 6 atom stereocenters. The van der Waals surface area contributed by atoms with Gasteiger partial charge < -0.3 is 14.2 Å². The number of esters is 1. The topological polar surface area (TPSA) is 44.8 Å². The van der Waals surface area contributed by atoms with Crippen LogP contribution in [0.1, 0.15) is 91.9 Å². The predicted octanol–water partition coefficient (Wildman–Crippen LogP) is 7.56. The first kappa shape index (κ1) is 27.7. The highest BCUT2D eigenvalue weighted by Crippen LogP contribution is 2.33. The van der Waals surface area contributed by atoms with Gasteiger partial charge in [0, 0.05) is 12.8 Å². The lowest BCUT2D eigenvalue weighted by molar-refractivity contribution is -0.153. The van der Waals surface area contributed by atoms with E-state index in [2.05, 4.69) is 52.0 Å². The molecule has 4 heteroatoms. The van der Waals surface area contributed by atoms with Crippen LogP contribution in [0.15, 0.2) is 59.8 Å². The lowest BCUT2D eigenvalue weighted by atomic mass is 9.90. The average Bonchev–Trinajstić information content (AvgIpc) is 2.82. The molecule has 35 heavy (non-hydrogen) atoms. The van der Waals surface area contributed by atoms with Crippen molar-refractivity contribution in [3.63, 3.8) is 0 Å². The summed E-state index contributed by atoms with van der Waals surface area (Å²) in [4.78, 5) is 12.9. The molecule has 4 bridgehead atoms. The molecule has 194 valence electrons. The second-order valence-corrected chi connectivity index (χ2v) is 10.5. The van der Waals surface area contributed by atoms with Gasteiger partial charge in [0.05, 0.1) is 30.8 Å². The number of allylic oxidation sites excluding steroid dienone is 7. The van der Waals surface area contributed by atoms with Crippen molar-refractivity contribution in [1.29, 1.82) is 0 Å². The molecule has 3 rings (SSSR count). The SMILES string of the molecule is C/C=C1\CC2CC(=O)OC(/C=C/C=C\C=C(/C)CC)C/C=C/C(C)CC3CCCC(CC(C1)O2)O3. The Morgan fingerprint density at radius 1 is 1.00 bits per heavy atom. The number of fused-ring (bicyclic) bond motifs is 4. The lowest BCUT2D eigenvalue weighted by Crippen LogP contribution is -2.37. The van der Waals surface area contributed by atoms with Crippen molar-refractivity contribution in [3.05, 3.63) is 59.8 Å². The van der Waals surface area contributed by atoms with Crippen molar-refractivity contribution >= 4 is 5.97 Å². The van der Waals surface area contributed by atoms with Crippen molar-refractivity contribution in [2.24, 2.45) is 5.92 Å². The van der Waals surface area contributed by atoms with Crippen LogP contribution >= 0.6 is 0 Å². The maximum absolute atomic E-state index is 12.9. The van der Waals surface area contributed by atoms with Crippen LogP contribution in [0, 0.1) is 5.92 Å².